The van der Waals surface area contributed by atoms with Gasteiger partial charge in [0, 0.05) is 18.6 Å². The summed E-state index contributed by atoms with van der Waals surface area (Å²) < 4.78 is 0. The lowest BCUT2D eigenvalue weighted by Crippen LogP contribution is -2.33. The van der Waals surface area contributed by atoms with Crippen LogP contribution in [-0.4, -0.2) is 24.0 Å². The van der Waals surface area contributed by atoms with Gasteiger partial charge in [-0.2, -0.15) is 0 Å². The van der Waals surface area contributed by atoms with Gasteiger partial charge >= 0.3 is 0 Å². The van der Waals surface area contributed by atoms with Crippen molar-refractivity contribution in [2.24, 2.45) is 5.73 Å². The van der Waals surface area contributed by atoms with E-state index in [-0.39, 0.29) is 6.04 Å². The van der Waals surface area contributed by atoms with Crippen LogP contribution in [0.3, 0.4) is 0 Å². The van der Waals surface area contributed by atoms with Crippen molar-refractivity contribution in [2.75, 3.05) is 13.1 Å². The monoisotopic (exact) mass is 248 g/mol. The van der Waals surface area contributed by atoms with Gasteiger partial charge in [-0.05, 0) is 46.2 Å². The molecule has 0 heterocycles. The Morgan fingerprint density at radius 1 is 1.11 bits per heavy atom. The molecule has 0 spiro atoms. The first-order valence-electron chi connectivity index (χ1n) is 7.01. The van der Waals surface area contributed by atoms with E-state index in [1.165, 1.54) is 16.7 Å². The van der Waals surface area contributed by atoms with Crippen molar-refractivity contribution >= 4 is 0 Å². The molecule has 0 saturated carbocycles. The number of nitrogens with zero attached hydrogens (tertiary/aromatic N) is 1. The highest BCUT2D eigenvalue weighted by atomic mass is 15.1. The van der Waals surface area contributed by atoms with E-state index in [1.54, 1.807) is 0 Å². The second kappa shape index (κ2) is 6.91. The largest absolute Gasteiger partial charge is 0.324 e. The molecule has 0 aliphatic heterocycles. The fraction of sp³-hybridized carbons (Fsp3) is 0.625. The van der Waals surface area contributed by atoms with Crippen LogP contribution in [0.4, 0.5) is 0 Å². The Morgan fingerprint density at radius 3 is 2.11 bits per heavy atom. The van der Waals surface area contributed by atoms with Crippen molar-refractivity contribution in [3.63, 3.8) is 0 Å². The van der Waals surface area contributed by atoms with Crippen LogP contribution < -0.4 is 5.73 Å². The van der Waals surface area contributed by atoms with E-state index < -0.39 is 0 Å². The number of hydrogen-bond acceptors (Lipinski definition) is 2. The average molecular weight is 248 g/mol. The molecule has 1 unspecified atom stereocenters. The maximum absolute atomic E-state index is 6.31. The molecule has 0 radical (unpaired) electrons. The lowest BCUT2D eigenvalue weighted by Gasteiger charge is -2.26. The van der Waals surface area contributed by atoms with Gasteiger partial charge in [0.15, 0.2) is 0 Å². The Bertz CT molecular complexity index is 351. The van der Waals surface area contributed by atoms with E-state index in [9.17, 15) is 0 Å². The summed E-state index contributed by atoms with van der Waals surface area (Å²) in [5, 5.41) is 0. The van der Waals surface area contributed by atoms with E-state index in [2.05, 4.69) is 57.7 Å². The van der Waals surface area contributed by atoms with Crippen LogP contribution in [0.5, 0.6) is 0 Å². The summed E-state index contributed by atoms with van der Waals surface area (Å²) in [6, 6.07) is 7.37. The van der Waals surface area contributed by atoms with Crippen molar-refractivity contribution in [1.82, 2.24) is 4.90 Å². The molecule has 102 valence electrons. The number of rotatable bonds is 6. The molecule has 18 heavy (non-hydrogen) atoms. The van der Waals surface area contributed by atoms with Gasteiger partial charge in [0.2, 0.25) is 0 Å². The minimum atomic E-state index is 0.149. The first kappa shape index (κ1) is 15.2. The molecular weight excluding hydrogens is 220 g/mol. The quantitative estimate of drug-likeness (QED) is 0.836. The molecule has 0 aromatic heterocycles. The molecule has 1 rings (SSSR count). The highest BCUT2D eigenvalue weighted by Gasteiger charge is 2.11. The van der Waals surface area contributed by atoms with Crippen LogP contribution in [0.2, 0.25) is 0 Å². The summed E-state index contributed by atoms with van der Waals surface area (Å²) in [6.07, 6.45) is 1.02. The van der Waals surface area contributed by atoms with E-state index in [4.69, 9.17) is 5.73 Å². The Morgan fingerprint density at radius 2 is 1.67 bits per heavy atom. The highest BCUT2D eigenvalue weighted by molar-refractivity contribution is 5.30. The van der Waals surface area contributed by atoms with Gasteiger partial charge in [-0.3, -0.25) is 0 Å². The first-order chi connectivity index (χ1) is 8.43. The van der Waals surface area contributed by atoms with Crippen LogP contribution in [-0.2, 0) is 0 Å². The SMILES string of the molecule is CCN(CCC(N)c1cc(C)cc(C)c1)C(C)C. The zero-order valence-electron chi connectivity index (χ0n) is 12.5. The zero-order chi connectivity index (χ0) is 13.7. The van der Waals surface area contributed by atoms with Crippen molar-refractivity contribution in [1.29, 1.82) is 0 Å². The van der Waals surface area contributed by atoms with Crippen LogP contribution >= 0.6 is 0 Å². The number of benzene rings is 1. The van der Waals surface area contributed by atoms with Gasteiger partial charge in [0.25, 0.3) is 0 Å². The number of aryl methyl sites for hydroxylation is 2. The summed E-state index contributed by atoms with van der Waals surface area (Å²) in [6.45, 7) is 13.1. The molecule has 1 atom stereocenters. The molecule has 0 saturated heterocycles. The molecule has 0 bridgehead atoms. The van der Waals surface area contributed by atoms with Crippen molar-refractivity contribution in [3.8, 4) is 0 Å². The predicted molar refractivity (Wildman–Crippen MR) is 79.8 cm³/mol. The molecule has 1 aromatic carbocycles. The predicted octanol–water partition coefficient (Wildman–Crippen LogP) is 3.42. The summed E-state index contributed by atoms with van der Waals surface area (Å²) in [4.78, 5) is 2.46. The van der Waals surface area contributed by atoms with Gasteiger partial charge in [-0.25, -0.2) is 0 Å². The van der Waals surface area contributed by atoms with Gasteiger partial charge in [0.05, 0.1) is 0 Å². The summed E-state index contributed by atoms with van der Waals surface area (Å²) in [7, 11) is 0. The topological polar surface area (TPSA) is 29.3 Å². The second-order valence-electron chi connectivity index (χ2n) is 5.54. The summed E-state index contributed by atoms with van der Waals surface area (Å²) in [5.74, 6) is 0. The van der Waals surface area contributed by atoms with Crippen molar-refractivity contribution in [2.45, 2.75) is 53.1 Å². The molecule has 2 heteroatoms. The fourth-order valence-electron chi connectivity index (χ4n) is 2.48. The first-order valence-corrected chi connectivity index (χ1v) is 7.01. The fourth-order valence-corrected chi connectivity index (χ4v) is 2.48. The van der Waals surface area contributed by atoms with Crippen LogP contribution in [0.1, 0.15) is 49.9 Å². The van der Waals surface area contributed by atoms with Gasteiger partial charge < -0.3 is 10.6 Å². The average Bonchev–Trinajstić information content (AvgIpc) is 2.27. The Hall–Kier alpha value is -0.860. The van der Waals surface area contributed by atoms with E-state index in [0.29, 0.717) is 6.04 Å². The third-order valence-electron chi connectivity index (χ3n) is 3.54. The molecule has 0 amide bonds. The second-order valence-corrected chi connectivity index (χ2v) is 5.54. The van der Waals surface area contributed by atoms with Crippen LogP contribution in [0.25, 0.3) is 0 Å². The van der Waals surface area contributed by atoms with Gasteiger partial charge in [0.1, 0.15) is 0 Å². The number of nitrogens with two attached hydrogens (primary N) is 1. The Kier molecular flexibility index (Phi) is 5.83. The minimum absolute atomic E-state index is 0.149. The smallest absolute Gasteiger partial charge is 0.0307 e. The summed E-state index contributed by atoms with van der Waals surface area (Å²) in [5.41, 5.74) is 10.2. The highest BCUT2D eigenvalue weighted by Crippen LogP contribution is 2.18. The minimum Gasteiger partial charge on any atom is -0.324 e. The third kappa shape index (κ3) is 4.43. The van der Waals surface area contributed by atoms with Crippen LogP contribution in [0.15, 0.2) is 18.2 Å². The van der Waals surface area contributed by atoms with Gasteiger partial charge in [-0.15, -0.1) is 0 Å². The molecule has 2 N–H and O–H groups in total. The van der Waals surface area contributed by atoms with E-state index >= 15 is 0 Å². The summed E-state index contributed by atoms with van der Waals surface area (Å²) >= 11 is 0. The lowest BCUT2D eigenvalue weighted by atomic mass is 9.99. The number of hydrogen-bond donors (Lipinski definition) is 1. The lowest BCUT2D eigenvalue weighted by molar-refractivity contribution is 0.225. The van der Waals surface area contributed by atoms with Crippen molar-refractivity contribution < 1.29 is 0 Å². The van der Waals surface area contributed by atoms with Crippen molar-refractivity contribution in [3.05, 3.63) is 34.9 Å². The molecule has 2 nitrogen and oxygen atoms in total. The normalized spacial score (nSPS) is 13.3. The standard InChI is InChI=1S/C16H28N2/c1-6-18(12(2)3)8-7-16(17)15-10-13(4)9-14(5)11-15/h9-12,16H,6-8,17H2,1-5H3. The molecule has 0 aliphatic carbocycles. The maximum Gasteiger partial charge on any atom is 0.0307 e. The maximum atomic E-state index is 6.31. The van der Waals surface area contributed by atoms with E-state index in [0.717, 1.165) is 19.5 Å². The van der Waals surface area contributed by atoms with Gasteiger partial charge in [-0.1, -0.05) is 36.2 Å². The van der Waals surface area contributed by atoms with E-state index in [1.807, 2.05) is 0 Å². The molecule has 0 fully saturated rings. The van der Waals surface area contributed by atoms with Crippen LogP contribution in [0, 0.1) is 13.8 Å². The Balaban J connectivity index is 2.62. The zero-order valence-corrected chi connectivity index (χ0v) is 12.5. The molecular formula is C16H28N2. The molecule has 1 aromatic rings. The third-order valence-corrected chi connectivity index (χ3v) is 3.54. The molecule has 0 aliphatic rings. The Labute approximate surface area is 112 Å².